The van der Waals surface area contributed by atoms with Crippen molar-refractivity contribution < 1.29 is 14.7 Å². The number of nitrogens with zero attached hydrogens (tertiary/aromatic N) is 2. The molecule has 1 fully saturated rings. The number of carbonyl (C=O) groups excluding carboxylic acids is 1. The van der Waals surface area contributed by atoms with E-state index in [1.54, 1.807) is 4.90 Å². The third-order valence-corrected chi connectivity index (χ3v) is 2.81. The second kappa shape index (κ2) is 5.72. The van der Waals surface area contributed by atoms with Crippen LogP contribution in [0.3, 0.4) is 0 Å². The zero-order chi connectivity index (χ0) is 12.1. The summed E-state index contributed by atoms with van der Waals surface area (Å²) in [5.41, 5.74) is 0. The van der Waals surface area contributed by atoms with Crippen LogP contribution in [-0.4, -0.2) is 53.1 Å². The van der Waals surface area contributed by atoms with Crippen molar-refractivity contribution in [1.29, 1.82) is 0 Å². The number of urea groups is 1. The van der Waals surface area contributed by atoms with Crippen molar-refractivity contribution >= 4 is 12.0 Å². The van der Waals surface area contributed by atoms with Gasteiger partial charge in [-0.05, 0) is 32.6 Å². The topological polar surface area (TPSA) is 60.9 Å². The third kappa shape index (κ3) is 3.72. The van der Waals surface area contributed by atoms with Crippen LogP contribution in [-0.2, 0) is 4.79 Å². The van der Waals surface area contributed by atoms with Gasteiger partial charge in [0.15, 0.2) is 0 Å². The summed E-state index contributed by atoms with van der Waals surface area (Å²) < 4.78 is 0. The van der Waals surface area contributed by atoms with Gasteiger partial charge < -0.3 is 14.9 Å². The van der Waals surface area contributed by atoms with Crippen molar-refractivity contribution in [2.24, 2.45) is 5.92 Å². The standard InChI is InChI=1S/C11H20N2O3/c1-3-12(4-2)11(16)13(8-10(14)15)7-9-5-6-9/h9H,3-8H2,1-2H3,(H,14,15). The van der Waals surface area contributed by atoms with E-state index < -0.39 is 5.97 Å². The number of hydrogen-bond acceptors (Lipinski definition) is 2. The normalized spacial score (nSPS) is 14.6. The average Bonchev–Trinajstić information content (AvgIpc) is 3.01. The fourth-order valence-corrected chi connectivity index (χ4v) is 1.68. The summed E-state index contributed by atoms with van der Waals surface area (Å²) >= 11 is 0. The molecule has 16 heavy (non-hydrogen) atoms. The number of hydrogen-bond donors (Lipinski definition) is 1. The van der Waals surface area contributed by atoms with Crippen LogP contribution in [0.5, 0.6) is 0 Å². The first-order chi connectivity index (χ1) is 7.58. The van der Waals surface area contributed by atoms with Crippen LogP contribution in [0.4, 0.5) is 4.79 Å². The van der Waals surface area contributed by atoms with Crippen LogP contribution in [0, 0.1) is 5.92 Å². The van der Waals surface area contributed by atoms with Gasteiger partial charge in [-0.2, -0.15) is 0 Å². The van der Waals surface area contributed by atoms with Crippen molar-refractivity contribution in [2.75, 3.05) is 26.2 Å². The Morgan fingerprint density at radius 3 is 2.12 bits per heavy atom. The van der Waals surface area contributed by atoms with E-state index >= 15 is 0 Å². The Kier molecular flexibility index (Phi) is 4.58. The van der Waals surface area contributed by atoms with Crippen LogP contribution in [0.1, 0.15) is 26.7 Å². The zero-order valence-electron chi connectivity index (χ0n) is 9.98. The maximum atomic E-state index is 12.0. The maximum absolute atomic E-state index is 12.0. The SMILES string of the molecule is CCN(CC)C(=O)N(CC(=O)O)CC1CC1. The Labute approximate surface area is 96.0 Å². The lowest BCUT2D eigenvalue weighted by molar-refractivity contribution is -0.137. The lowest BCUT2D eigenvalue weighted by Gasteiger charge is -2.28. The fourth-order valence-electron chi connectivity index (χ4n) is 1.68. The van der Waals surface area contributed by atoms with Gasteiger partial charge in [0, 0.05) is 19.6 Å². The van der Waals surface area contributed by atoms with Crippen LogP contribution < -0.4 is 0 Å². The van der Waals surface area contributed by atoms with Gasteiger partial charge in [0.25, 0.3) is 0 Å². The highest BCUT2D eigenvalue weighted by molar-refractivity contribution is 5.80. The molecule has 0 aromatic carbocycles. The van der Waals surface area contributed by atoms with E-state index in [0.717, 1.165) is 12.8 Å². The molecule has 1 N–H and O–H groups in total. The van der Waals surface area contributed by atoms with Gasteiger partial charge in [0.05, 0.1) is 0 Å². The number of amides is 2. The Hall–Kier alpha value is -1.26. The molecule has 1 saturated carbocycles. The number of rotatable bonds is 6. The molecule has 1 rings (SSSR count). The molecule has 0 spiro atoms. The number of carbonyl (C=O) groups is 2. The highest BCUT2D eigenvalue weighted by atomic mass is 16.4. The first kappa shape index (κ1) is 12.8. The first-order valence-corrected chi connectivity index (χ1v) is 5.84. The fraction of sp³-hybridized carbons (Fsp3) is 0.818. The second-order valence-electron chi connectivity index (χ2n) is 4.17. The van der Waals surface area contributed by atoms with E-state index in [1.807, 2.05) is 13.8 Å². The molecular weight excluding hydrogens is 208 g/mol. The Morgan fingerprint density at radius 2 is 1.75 bits per heavy atom. The Morgan fingerprint density at radius 1 is 1.19 bits per heavy atom. The van der Waals surface area contributed by atoms with E-state index in [9.17, 15) is 9.59 Å². The van der Waals surface area contributed by atoms with E-state index in [1.165, 1.54) is 4.90 Å². The molecule has 1 aliphatic rings. The molecule has 0 aliphatic heterocycles. The summed E-state index contributed by atoms with van der Waals surface area (Å²) in [5, 5.41) is 8.78. The Balaban J connectivity index is 2.57. The summed E-state index contributed by atoms with van der Waals surface area (Å²) in [4.78, 5) is 25.8. The van der Waals surface area contributed by atoms with Gasteiger partial charge in [-0.3, -0.25) is 4.79 Å². The Bertz CT molecular complexity index is 260. The summed E-state index contributed by atoms with van der Waals surface area (Å²) in [5.74, 6) is -0.431. The zero-order valence-corrected chi connectivity index (χ0v) is 9.98. The monoisotopic (exact) mass is 228 g/mol. The molecule has 1 aliphatic carbocycles. The summed E-state index contributed by atoms with van der Waals surface area (Å²) in [6, 6.07) is -0.153. The van der Waals surface area contributed by atoms with Crippen molar-refractivity contribution in [1.82, 2.24) is 9.80 Å². The molecule has 0 radical (unpaired) electrons. The minimum absolute atomic E-state index is 0.153. The van der Waals surface area contributed by atoms with E-state index in [-0.39, 0.29) is 12.6 Å². The summed E-state index contributed by atoms with van der Waals surface area (Å²) in [6.45, 7) is 5.44. The van der Waals surface area contributed by atoms with Gasteiger partial charge in [0.2, 0.25) is 0 Å². The van der Waals surface area contributed by atoms with Crippen molar-refractivity contribution in [3.05, 3.63) is 0 Å². The molecule has 0 aromatic heterocycles. The molecule has 0 unspecified atom stereocenters. The van der Waals surface area contributed by atoms with E-state index in [4.69, 9.17) is 5.11 Å². The van der Waals surface area contributed by atoms with Gasteiger partial charge >= 0.3 is 12.0 Å². The quantitative estimate of drug-likeness (QED) is 0.744. The highest BCUT2D eigenvalue weighted by Crippen LogP contribution is 2.29. The highest BCUT2D eigenvalue weighted by Gasteiger charge is 2.29. The lowest BCUT2D eigenvalue weighted by atomic mass is 10.3. The molecule has 2 amide bonds. The van der Waals surface area contributed by atoms with Crippen LogP contribution in [0.2, 0.25) is 0 Å². The number of carboxylic acid groups (broad SMARTS) is 1. The smallest absolute Gasteiger partial charge is 0.323 e. The predicted octanol–water partition coefficient (Wildman–Crippen LogP) is 1.24. The largest absolute Gasteiger partial charge is 0.480 e. The van der Waals surface area contributed by atoms with Crippen molar-refractivity contribution in [3.8, 4) is 0 Å². The minimum Gasteiger partial charge on any atom is -0.480 e. The summed E-state index contributed by atoms with van der Waals surface area (Å²) in [7, 11) is 0. The molecule has 0 saturated heterocycles. The second-order valence-corrected chi connectivity index (χ2v) is 4.17. The average molecular weight is 228 g/mol. The molecule has 0 atom stereocenters. The molecule has 92 valence electrons. The molecule has 5 nitrogen and oxygen atoms in total. The van der Waals surface area contributed by atoms with Crippen LogP contribution >= 0.6 is 0 Å². The van der Waals surface area contributed by atoms with E-state index in [2.05, 4.69) is 0 Å². The first-order valence-electron chi connectivity index (χ1n) is 5.84. The predicted molar refractivity (Wildman–Crippen MR) is 60.2 cm³/mol. The van der Waals surface area contributed by atoms with Crippen LogP contribution in [0.25, 0.3) is 0 Å². The maximum Gasteiger partial charge on any atom is 0.323 e. The molecular formula is C11H20N2O3. The molecule has 0 heterocycles. The number of carboxylic acids is 1. The van der Waals surface area contributed by atoms with Crippen molar-refractivity contribution in [2.45, 2.75) is 26.7 Å². The van der Waals surface area contributed by atoms with Gasteiger partial charge in [-0.15, -0.1) is 0 Å². The van der Waals surface area contributed by atoms with Gasteiger partial charge in [-0.25, -0.2) is 4.79 Å². The lowest BCUT2D eigenvalue weighted by Crippen LogP contribution is -2.46. The summed E-state index contributed by atoms with van der Waals surface area (Å²) in [6.07, 6.45) is 2.23. The van der Waals surface area contributed by atoms with Gasteiger partial charge in [0.1, 0.15) is 6.54 Å². The molecule has 5 heteroatoms. The third-order valence-electron chi connectivity index (χ3n) is 2.81. The van der Waals surface area contributed by atoms with Gasteiger partial charge in [-0.1, -0.05) is 0 Å². The van der Waals surface area contributed by atoms with E-state index in [0.29, 0.717) is 25.6 Å². The van der Waals surface area contributed by atoms with Crippen molar-refractivity contribution in [3.63, 3.8) is 0 Å². The molecule has 0 bridgehead atoms. The number of aliphatic carboxylic acids is 1. The minimum atomic E-state index is -0.943. The molecule has 0 aromatic rings. The van der Waals surface area contributed by atoms with Crippen LogP contribution in [0.15, 0.2) is 0 Å².